The number of nitrogens with one attached hydrogen (secondary N) is 1. The molecule has 1 aromatic heterocycles. The maximum absolute atomic E-state index is 5.02. The van der Waals surface area contributed by atoms with Crippen molar-refractivity contribution in [2.45, 2.75) is 19.9 Å². The van der Waals surface area contributed by atoms with Crippen LogP contribution in [-0.2, 0) is 6.54 Å². The highest BCUT2D eigenvalue weighted by atomic mass is 32.1. The van der Waals surface area contributed by atoms with Crippen LogP contribution < -0.4 is 5.32 Å². The van der Waals surface area contributed by atoms with E-state index in [0.29, 0.717) is 0 Å². The number of pyridine rings is 1. The normalized spacial score (nSPS) is 9.42. The highest BCUT2D eigenvalue weighted by Gasteiger charge is 1.92. The minimum atomic E-state index is 0.778. The molecule has 0 saturated carbocycles. The van der Waals surface area contributed by atoms with E-state index in [4.69, 9.17) is 12.2 Å². The van der Waals surface area contributed by atoms with Gasteiger partial charge in [-0.15, -0.1) is 0 Å². The summed E-state index contributed by atoms with van der Waals surface area (Å²) in [7, 11) is 0. The Labute approximate surface area is 78.0 Å². The van der Waals surface area contributed by atoms with Crippen molar-refractivity contribution in [3.8, 4) is 0 Å². The van der Waals surface area contributed by atoms with Crippen molar-refractivity contribution in [3.05, 3.63) is 30.1 Å². The molecule has 3 heteroatoms. The average molecular weight is 180 g/mol. The molecule has 0 aliphatic carbocycles. The quantitative estimate of drug-likeness (QED) is 0.719. The van der Waals surface area contributed by atoms with Gasteiger partial charge in [-0.05, 0) is 18.1 Å². The molecule has 0 amide bonds. The van der Waals surface area contributed by atoms with Crippen LogP contribution in [0.2, 0.25) is 0 Å². The van der Waals surface area contributed by atoms with Gasteiger partial charge >= 0.3 is 0 Å². The Morgan fingerprint density at radius 2 is 2.50 bits per heavy atom. The van der Waals surface area contributed by atoms with Crippen LogP contribution in [0, 0.1) is 0 Å². The summed E-state index contributed by atoms with van der Waals surface area (Å²) in [6.45, 7) is 2.82. The smallest absolute Gasteiger partial charge is 0.0753 e. The van der Waals surface area contributed by atoms with E-state index < -0.39 is 0 Å². The first-order valence-electron chi connectivity index (χ1n) is 3.98. The van der Waals surface area contributed by atoms with E-state index in [0.717, 1.165) is 23.5 Å². The minimum absolute atomic E-state index is 0.778. The summed E-state index contributed by atoms with van der Waals surface area (Å²) in [6, 6.07) is 3.95. The third-order valence-electron chi connectivity index (χ3n) is 1.53. The molecule has 0 fully saturated rings. The highest BCUT2D eigenvalue weighted by molar-refractivity contribution is 7.80. The van der Waals surface area contributed by atoms with Gasteiger partial charge in [-0.1, -0.05) is 25.2 Å². The first-order valence-corrected chi connectivity index (χ1v) is 4.39. The largest absolute Gasteiger partial charge is 0.376 e. The van der Waals surface area contributed by atoms with Crippen LogP contribution in [0.5, 0.6) is 0 Å². The fraction of sp³-hybridized carbons (Fsp3) is 0.333. The molecular weight excluding hydrogens is 168 g/mol. The fourth-order valence-corrected chi connectivity index (χ4v) is 0.901. The Morgan fingerprint density at radius 1 is 1.67 bits per heavy atom. The molecule has 1 heterocycles. The molecule has 64 valence electrons. The summed E-state index contributed by atoms with van der Waals surface area (Å²) in [5.74, 6) is 0. The van der Waals surface area contributed by atoms with Gasteiger partial charge in [0.15, 0.2) is 0 Å². The molecule has 2 nitrogen and oxygen atoms in total. The topological polar surface area (TPSA) is 24.9 Å². The van der Waals surface area contributed by atoms with Crippen molar-refractivity contribution in [2.75, 3.05) is 0 Å². The third-order valence-corrected chi connectivity index (χ3v) is 1.97. The van der Waals surface area contributed by atoms with Gasteiger partial charge in [-0.3, -0.25) is 4.98 Å². The number of nitrogens with zero attached hydrogens (tertiary/aromatic N) is 1. The standard InChI is InChI=1S/C9H12N2S/c1-2-9(12)11-7-8-4-3-5-10-6-8/h3-6H,2,7H2,1H3,(H,11,12). The molecule has 0 bridgehead atoms. The lowest BCUT2D eigenvalue weighted by Crippen LogP contribution is -2.19. The van der Waals surface area contributed by atoms with Crippen LogP contribution in [0.15, 0.2) is 24.5 Å². The van der Waals surface area contributed by atoms with Crippen LogP contribution in [0.3, 0.4) is 0 Å². The molecule has 12 heavy (non-hydrogen) atoms. The summed E-state index contributed by atoms with van der Waals surface area (Å²) in [5.41, 5.74) is 1.16. The third kappa shape index (κ3) is 2.96. The lowest BCUT2D eigenvalue weighted by molar-refractivity contribution is 0.900. The molecule has 0 spiro atoms. The number of aromatic nitrogens is 1. The van der Waals surface area contributed by atoms with Crippen molar-refractivity contribution in [1.29, 1.82) is 0 Å². The van der Waals surface area contributed by atoms with Crippen molar-refractivity contribution in [3.63, 3.8) is 0 Å². The predicted octanol–water partition coefficient (Wildman–Crippen LogP) is 1.91. The number of thiocarbonyl (C=S) groups is 1. The monoisotopic (exact) mass is 180 g/mol. The zero-order valence-corrected chi connectivity index (χ0v) is 7.90. The van der Waals surface area contributed by atoms with Gasteiger partial charge in [0, 0.05) is 18.9 Å². The van der Waals surface area contributed by atoms with Gasteiger partial charge in [0.1, 0.15) is 0 Å². The zero-order valence-electron chi connectivity index (χ0n) is 7.08. The molecule has 0 aromatic carbocycles. The van der Waals surface area contributed by atoms with Crippen molar-refractivity contribution in [2.24, 2.45) is 0 Å². The van der Waals surface area contributed by atoms with Crippen molar-refractivity contribution in [1.82, 2.24) is 10.3 Å². The van der Waals surface area contributed by atoms with Gasteiger partial charge < -0.3 is 5.32 Å². The van der Waals surface area contributed by atoms with Crippen LogP contribution in [0.25, 0.3) is 0 Å². The molecule has 0 radical (unpaired) electrons. The Hall–Kier alpha value is -0.960. The van der Waals surface area contributed by atoms with E-state index >= 15 is 0 Å². The molecule has 0 unspecified atom stereocenters. The molecule has 1 aromatic rings. The Kier molecular flexibility index (Phi) is 3.67. The first kappa shape index (κ1) is 9.13. The van der Waals surface area contributed by atoms with Crippen LogP contribution in [0.1, 0.15) is 18.9 Å². The predicted molar refractivity (Wildman–Crippen MR) is 54.0 cm³/mol. The summed E-state index contributed by atoms with van der Waals surface area (Å²) in [6.07, 6.45) is 4.50. The second-order valence-corrected chi connectivity index (χ2v) is 2.98. The SMILES string of the molecule is CCC(=S)NCc1cccnc1. The average Bonchev–Trinajstić information content (AvgIpc) is 2.16. The van der Waals surface area contributed by atoms with E-state index in [1.807, 2.05) is 25.3 Å². The van der Waals surface area contributed by atoms with Crippen LogP contribution >= 0.6 is 12.2 Å². The molecular formula is C9H12N2S. The maximum atomic E-state index is 5.02. The van der Waals surface area contributed by atoms with Gasteiger partial charge in [0.25, 0.3) is 0 Å². The Morgan fingerprint density at radius 3 is 3.08 bits per heavy atom. The Balaban J connectivity index is 2.38. The van der Waals surface area contributed by atoms with Crippen molar-refractivity contribution >= 4 is 17.2 Å². The molecule has 0 atom stereocenters. The van der Waals surface area contributed by atoms with E-state index in [2.05, 4.69) is 10.3 Å². The van der Waals surface area contributed by atoms with Gasteiger partial charge in [-0.25, -0.2) is 0 Å². The van der Waals surface area contributed by atoms with Gasteiger partial charge in [-0.2, -0.15) is 0 Å². The lowest BCUT2D eigenvalue weighted by Gasteiger charge is -2.04. The number of rotatable bonds is 3. The lowest BCUT2D eigenvalue weighted by atomic mass is 10.3. The summed E-state index contributed by atoms with van der Waals surface area (Å²) >= 11 is 5.02. The van der Waals surface area contributed by atoms with Gasteiger partial charge in [0.05, 0.1) is 4.99 Å². The molecule has 0 aliphatic rings. The van der Waals surface area contributed by atoms with Gasteiger partial charge in [0.2, 0.25) is 0 Å². The van der Waals surface area contributed by atoms with E-state index in [9.17, 15) is 0 Å². The Bertz CT molecular complexity index is 246. The minimum Gasteiger partial charge on any atom is -0.376 e. The fourth-order valence-electron chi connectivity index (χ4n) is 0.828. The molecule has 1 N–H and O–H groups in total. The molecule has 0 saturated heterocycles. The zero-order chi connectivity index (χ0) is 8.81. The summed E-state index contributed by atoms with van der Waals surface area (Å²) in [5, 5.41) is 3.14. The number of hydrogen-bond donors (Lipinski definition) is 1. The summed E-state index contributed by atoms with van der Waals surface area (Å²) < 4.78 is 0. The van der Waals surface area contributed by atoms with E-state index in [-0.39, 0.29) is 0 Å². The van der Waals surface area contributed by atoms with Crippen LogP contribution in [-0.4, -0.2) is 9.97 Å². The number of hydrogen-bond acceptors (Lipinski definition) is 2. The first-order chi connectivity index (χ1) is 5.83. The van der Waals surface area contributed by atoms with Crippen LogP contribution in [0.4, 0.5) is 0 Å². The van der Waals surface area contributed by atoms with E-state index in [1.165, 1.54) is 0 Å². The second-order valence-electron chi connectivity index (χ2n) is 2.49. The summed E-state index contributed by atoms with van der Waals surface area (Å²) in [4.78, 5) is 4.91. The molecule has 0 aliphatic heterocycles. The second kappa shape index (κ2) is 4.83. The molecule has 1 rings (SSSR count). The van der Waals surface area contributed by atoms with E-state index in [1.54, 1.807) is 6.20 Å². The highest BCUT2D eigenvalue weighted by Crippen LogP contribution is 1.94. The van der Waals surface area contributed by atoms with Crippen molar-refractivity contribution < 1.29 is 0 Å². The maximum Gasteiger partial charge on any atom is 0.0753 e.